The minimum Gasteiger partial charge on any atom is -0.392 e. The number of benzene rings is 1. The maximum absolute atomic E-state index is 13.0. The topological polar surface area (TPSA) is 29.5 Å². The van der Waals surface area contributed by atoms with E-state index in [4.69, 9.17) is 4.74 Å². The van der Waals surface area contributed by atoms with Gasteiger partial charge in [-0.15, -0.1) is 11.8 Å². The molecule has 1 aromatic carbocycles. The Morgan fingerprint density at radius 1 is 1.41 bits per heavy atom. The lowest BCUT2D eigenvalue weighted by Gasteiger charge is -2.26. The summed E-state index contributed by atoms with van der Waals surface area (Å²) in [6, 6.07) is 6.49. The number of aliphatic hydroxyl groups is 1. The molecule has 0 spiro atoms. The fourth-order valence-electron chi connectivity index (χ4n) is 1.98. The Hall–Kier alpha value is -0.580. The van der Waals surface area contributed by atoms with Crippen molar-refractivity contribution >= 4 is 11.8 Å². The van der Waals surface area contributed by atoms with Crippen LogP contribution in [0.15, 0.2) is 29.2 Å². The average molecular weight is 256 g/mol. The molecule has 1 aliphatic rings. The maximum Gasteiger partial charge on any atom is 0.124 e. The van der Waals surface area contributed by atoms with E-state index in [0.29, 0.717) is 11.7 Å². The second-order valence-corrected chi connectivity index (χ2v) is 5.38. The van der Waals surface area contributed by atoms with Crippen molar-refractivity contribution in [3.8, 4) is 0 Å². The van der Waals surface area contributed by atoms with E-state index in [1.165, 1.54) is 23.9 Å². The van der Waals surface area contributed by atoms with Crippen molar-refractivity contribution in [1.29, 1.82) is 0 Å². The summed E-state index contributed by atoms with van der Waals surface area (Å²) < 4.78 is 18.2. The Morgan fingerprint density at radius 3 is 2.88 bits per heavy atom. The highest BCUT2D eigenvalue weighted by molar-refractivity contribution is 7.99. The second kappa shape index (κ2) is 6.38. The van der Waals surface area contributed by atoms with Gasteiger partial charge in [-0.05, 0) is 37.0 Å². The van der Waals surface area contributed by atoms with Crippen molar-refractivity contribution in [3.05, 3.63) is 30.1 Å². The Balaban J connectivity index is 1.80. The van der Waals surface area contributed by atoms with Crippen molar-refractivity contribution in [2.45, 2.75) is 23.8 Å². The number of aliphatic hydroxyl groups excluding tert-OH is 1. The molecule has 17 heavy (non-hydrogen) atoms. The van der Waals surface area contributed by atoms with Crippen LogP contribution in [0.1, 0.15) is 12.8 Å². The first-order chi connectivity index (χ1) is 8.25. The normalized spacial score (nSPS) is 19.2. The highest BCUT2D eigenvalue weighted by Crippen LogP contribution is 2.25. The lowest BCUT2D eigenvalue weighted by molar-refractivity contribution is 0.0169. The third-order valence-electron chi connectivity index (χ3n) is 3.03. The number of halogens is 1. The van der Waals surface area contributed by atoms with Crippen molar-refractivity contribution in [1.82, 2.24) is 0 Å². The smallest absolute Gasteiger partial charge is 0.124 e. The zero-order valence-corrected chi connectivity index (χ0v) is 10.5. The van der Waals surface area contributed by atoms with Crippen LogP contribution in [0.5, 0.6) is 0 Å². The van der Waals surface area contributed by atoms with Crippen LogP contribution < -0.4 is 0 Å². The highest BCUT2D eigenvalue weighted by Gasteiger charge is 2.22. The van der Waals surface area contributed by atoms with E-state index in [2.05, 4.69) is 0 Å². The van der Waals surface area contributed by atoms with E-state index in [-0.39, 0.29) is 11.9 Å². The summed E-state index contributed by atoms with van der Waals surface area (Å²) in [4.78, 5) is 0.871. The van der Waals surface area contributed by atoms with Crippen LogP contribution in [0.2, 0.25) is 0 Å². The molecule has 1 aliphatic heterocycles. The van der Waals surface area contributed by atoms with E-state index < -0.39 is 0 Å². The molecule has 4 heteroatoms. The van der Waals surface area contributed by atoms with Gasteiger partial charge in [0, 0.05) is 23.9 Å². The van der Waals surface area contributed by atoms with Gasteiger partial charge in [-0.1, -0.05) is 6.07 Å². The fourth-order valence-corrected chi connectivity index (χ4v) is 2.98. The molecule has 0 saturated carbocycles. The number of ether oxygens (including phenoxy) is 1. The van der Waals surface area contributed by atoms with Gasteiger partial charge in [-0.2, -0.15) is 0 Å². The Kier molecular flexibility index (Phi) is 4.83. The molecule has 1 atom stereocenters. The van der Waals surface area contributed by atoms with Gasteiger partial charge in [-0.3, -0.25) is 0 Å². The van der Waals surface area contributed by atoms with E-state index >= 15 is 0 Å². The standard InChI is InChI=1S/C13H17FO2S/c14-11-2-1-3-12(8-11)17-9-13(15)10-4-6-16-7-5-10/h1-3,8,10,13,15H,4-7,9H2. The van der Waals surface area contributed by atoms with Gasteiger partial charge >= 0.3 is 0 Å². The minimum atomic E-state index is -0.327. The number of rotatable bonds is 4. The Morgan fingerprint density at radius 2 is 2.18 bits per heavy atom. The van der Waals surface area contributed by atoms with Crippen LogP contribution in [0.4, 0.5) is 4.39 Å². The summed E-state index contributed by atoms with van der Waals surface area (Å²) in [5, 5.41) is 10.0. The molecular formula is C13H17FO2S. The van der Waals surface area contributed by atoms with Crippen LogP contribution in [-0.2, 0) is 4.74 Å². The third kappa shape index (κ3) is 3.98. The third-order valence-corrected chi connectivity index (χ3v) is 4.12. The molecule has 1 saturated heterocycles. The van der Waals surface area contributed by atoms with Gasteiger partial charge in [0.05, 0.1) is 6.10 Å². The molecule has 1 N–H and O–H groups in total. The Labute approximate surface area is 105 Å². The van der Waals surface area contributed by atoms with E-state index in [0.717, 1.165) is 31.0 Å². The first-order valence-electron chi connectivity index (χ1n) is 5.90. The van der Waals surface area contributed by atoms with E-state index in [9.17, 15) is 9.50 Å². The van der Waals surface area contributed by atoms with Gasteiger partial charge in [0.25, 0.3) is 0 Å². The molecule has 2 nitrogen and oxygen atoms in total. The van der Waals surface area contributed by atoms with Crippen molar-refractivity contribution < 1.29 is 14.2 Å². The molecule has 1 unspecified atom stereocenters. The molecule has 1 fully saturated rings. The van der Waals surface area contributed by atoms with Gasteiger partial charge in [0.2, 0.25) is 0 Å². The largest absolute Gasteiger partial charge is 0.392 e. The summed E-state index contributed by atoms with van der Waals surface area (Å²) in [5.74, 6) is 0.717. The molecule has 0 amide bonds. The van der Waals surface area contributed by atoms with Gasteiger partial charge in [0.1, 0.15) is 5.82 Å². The van der Waals surface area contributed by atoms with Gasteiger partial charge < -0.3 is 9.84 Å². The number of hydrogen-bond acceptors (Lipinski definition) is 3. The van der Waals surface area contributed by atoms with Crippen LogP contribution in [0, 0.1) is 11.7 Å². The summed E-state index contributed by atoms with van der Waals surface area (Å²) >= 11 is 1.51. The van der Waals surface area contributed by atoms with Crippen LogP contribution in [-0.4, -0.2) is 30.2 Å². The summed E-state index contributed by atoms with van der Waals surface area (Å²) in [6.45, 7) is 1.48. The second-order valence-electron chi connectivity index (χ2n) is 4.29. The van der Waals surface area contributed by atoms with E-state index in [1.54, 1.807) is 6.07 Å². The van der Waals surface area contributed by atoms with Crippen molar-refractivity contribution in [2.24, 2.45) is 5.92 Å². The first kappa shape index (κ1) is 12.9. The summed E-state index contributed by atoms with van der Waals surface area (Å²) in [5.41, 5.74) is 0. The fraction of sp³-hybridized carbons (Fsp3) is 0.538. The SMILES string of the molecule is OC(CSc1cccc(F)c1)C1CCOCC1. The quantitative estimate of drug-likeness (QED) is 0.840. The lowest BCUT2D eigenvalue weighted by atomic mass is 9.95. The van der Waals surface area contributed by atoms with Crippen molar-refractivity contribution in [2.75, 3.05) is 19.0 Å². The van der Waals surface area contributed by atoms with Gasteiger partial charge in [-0.25, -0.2) is 4.39 Å². The molecule has 1 heterocycles. The highest BCUT2D eigenvalue weighted by atomic mass is 32.2. The van der Waals surface area contributed by atoms with E-state index in [1.807, 2.05) is 6.07 Å². The molecule has 0 aliphatic carbocycles. The zero-order valence-electron chi connectivity index (χ0n) is 9.64. The molecule has 2 rings (SSSR count). The predicted molar refractivity (Wildman–Crippen MR) is 66.7 cm³/mol. The molecule has 0 radical (unpaired) electrons. The molecule has 0 bridgehead atoms. The monoisotopic (exact) mass is 256 g/mol. The maximum atomic E-state index is 13.0. The molecular weight excluding hydrogens is 239 g/mol. The lowest BCUT2D eigenvalue weighted by Crippen LogP contribution is -2.28. The predicted octanol–water partition coefficient (Wildman–Crippen LogP) is 2.71. The summed E-state index contributed by atoms with van der Waals surface area (Å²) in [6.07, 6.45) is 1.52. The summed E-state index contributed by atoms with van der Waals surface area (Å²) in [7, 11) is 0. The molecule has 94 valence electrons. The van der Waals surface area contributed by atoms with Crippen LogP contribution in [0.25, 0.3) is 0 Å². The van der Waals surface area contributed by atoms with Crippen LogP contribution >= 0.6 is 11.8 Å². The number of hydrogen-bond donors (Lipinski definition) is 1. The average Bonchev–Trinajstić information content (AvgIpc) is 2.37. The Bertz CT molecular complexity index is 353. The van der Waals surface area contributed by atoms with Crippen molar-refractivity contribution in [3.63, 3.8) is 0 Å². The van der Waals surface area contributed by atoms with Gasteiger partial charge in [0.15, 0.2) is 0 Å². The minimum absolute atomic E-state index is 0.226. The molecule has 1 aromatic rings. The first-order valence-corrected chi connectivity index (χ1v) is 6.88. The zero-order chi connectivity index (χ0) is 12.1. The molecule has 0 aromatic heterocycles. The van der Waals surface area contributed by atoms with Crippen LogP contribution in [0.3, 0.4) is 0 Å². The number of thioether (sulfide) groups is 1.